The summed E-state index contributed by atoms with van der Waals surface area (Å²) in [7, 11) is 0. The molecule has 2 fully saturated rings. The van der Waals surface area contributed by atoms with Crippen LogP contribution in [0.15, 0.2) is 30.3 Å². The highest BCUT2D eigenvalue weighted by Crippen LogP contribution is 2.21. The first-order chi connectivity index (χ1) is 16.8. The third-order valence-electron chi connectivity index (χ3n) is 7.12. The maximum Gasteiger partial charge on any atom is 0.246 e. The van der Waals surface area contributed by atoms with Gasteiger partial charge in [-0.25, -0.2) is 0 Å². The van der Waals surface area contributed by atoms with Crippen molar-refractivity contribution in [3.8, 4) is 0 Å². The maximum absolute atomic E-state index is 13.8. The van der Waals surface area contributed by atoms with Crippen LogP contribution in [0.25, 0.3) is 0 Å². The molecule has 2 aliphatic heterocycles. The zero-order valence-corrected chi connectivity index (χ0v) is 20.7. The second-order valence-corrected chi connectivity index (χ2v) is 9.71. The largest absolute Gasteiger partial charge is 0.396 e. The summed E-state index contributed by atoms with van der Waals surface area (Å²) in [5.41, 5.74) is -0.366. The van der Waals surface area contributed by atoms with Crippen molar-refractivity contribution in [2.24, 2.45) is 0 Å². The van der Waals surface area contributed by atoms with Crippen LogP contribution >= 0.6 is 0 Å². The van der Waals surface area contributed by atoms with E-state index < -0.39 is 35.5 Å². The summed E-state index contributed by atoms with van der Waals surface area (Å²) in [6.45, 7) is 3.84. The number of unbranched alkanes of at least 4 members (excludes halogenated alkanes) is 1. The fraction of sp³-hybridized carbons (Fsp3) is 0.615. The van der Waals surface area contributed by atoms with E-state index >= 15 is 0 Å². The van der Waals surface area contributed by atoms with Gasteiger partial charge in [-0.15, -0.1) is 0 Å². The summed E-state index contributed by atoms with van der Waals surface area (Å²) in [4.78, 5) is 55.4. The van der Waals surface area contributed by atoms with Crippen LogP contribution in [0, 0.1) is 0 Å². The van der Waals surface area contributed by atoms with E-state index in [9.17, 15) is 19.2 Å². The Hall–Kier alpha value is -2.94. The first-order valence-corrected chi connectivity index (χ1v) is 12.7. The first-order valence-electron chi connectivity index (χ1n) is 12.7. The van der Waals surface area contributed by atoms with Crippen molar-refractivity contribution in [1.82, 2.24) is 20.9 Å². The number of rotatable bonds is 7. The molecule has 35 heavy (non-hydrogen) atoms. The highest BCUT2D eigenvalue weighted by atomic mass is 16.3. The Kier molecular flexibility index (Phi) is 9.26. The van der Waals surface area contributed by atoms with Crippen LogP contribution in [0.5, 0.6) is 0 Å². The topological polar surface area (TPSA) is 128 Å². The number of nitrogens with one attached hydrogen (secondary N) is 3. The Labute approximate surface area is 207 Å². The molecule has 0 unspecified atom stereocenters. The quantitative estimate of drug-likeness (QED) is 0.428. The van der Waals surface area contributed by atoms with Crippen molar-refractivity contribution in [3.05, 3.63) is 35.9 Å². The molecule has 4 atom stereocenters. The number of aliphatic hydroxyl groups is 1. The SMILES string of the molecule is CC[C@]1(C)NC(=O)[C@H](CCCCO)NC(=O)[C@H]2CCCCN2C(=O)[C@H](Cc2ccccc2)NC1=O. The highest BCUT2D eigenvalue weighted by molar-refractivity contribution is 5.99. The van der Waals surface area contributed by atoms with Gasteiger partial charge in [0.1, 0.15) is 23.7 Å². The van der Waals surface area contributed by atoms with Crippen molar-refractivity contribution in [1.29, 1.82) is 0 Å². The van der Waals surface area contributed by atoms with Gasteiger partial charge in [-0.1, -0.05) is 37.3 Å². The number of hydrogen-bond acceptors (Lipinski definition) is 5. The number of fused-ring (bicyclic) bond motifs is 1. The lowest BCUT2D eigenvalue weighted by Crippen LogP contribution is -2.66. The smallest absolute Gasteiger partial charge is 0.246 e. The number of nitrogens with zero attached hydrogens (tertiary/aromatic N) is 1. The average molecular weight is 487 g/mol. The Morgan fingerprint density at radius 3 is 2.43 bits per heavy atom. The third-order valence-corrected chi connectivity index (χ3v) is 7.12. The first kappa shape index (κ1) is 26.7. The summed E-state index contributed by atoms with van der Waals surface area (Å²) in [6, 6.07) is 7.02. The van der Waals surface area contributed by atoms with Crippen molar-refractivity contribution in [2.45, 2.75) is 88.9 Å². The molecular weight excluding hydrogens is 448 g/mol. The van der Waals surface area contributed by atoms with Gasteiger partial charge < -0.3 is 26.0 Å². The van der Waals surface area contributed by atoms with Crippen molar-refractivity contribution < 1.29 is 24.3 Å². The maximum atomic E-state index is 13.8. The molecule has 1 aromatic rings. The highest BCUT2D eigenvalue weighted by Gasteiger charge is 2.42. The van der Waals surface area contributed by atoms with E-state index in [0.29, 0.717) is 38.6 Å². The van der Waals surface area contributed by atoms with Gasteiger partial charge in [0.2, 0.25) is 23.6 Å². The van der Waals surface area contributed by atoms with Crippen LogP contribution in [0.2, 0.25) is 0 Å². The van der Waals surface area contributed by atoms with Gasteiger partial charge in [-0.3, -0.25) is 19.2 Å². The van der Waals surface area contributed by atoms with Gasteiger partial charge in [0.05, 0.1) is 0 Å². The van der Waals surface area contributed by atoms with Gasteiger partial charge in [0, 0.05) is 19.6 Å². The lowest BCUT2D eigenvalue weighted by molar-refractivity contribution is -0.147. The lowest BCUT2D eigenvalue weighted by Gasteiger charge is -2.40. The number of amides is 4. The van der Waals surface area contributed by atoms with E-state index in [1.807, 2.05) is 30.3 Å². The van der Waals surface area contributed by atoms with Gasteiger partial charge in [0.25, 0.3) is 0 Å². The Morgan fingerprint density at radius 2 is 1.74 bits per heavy atom. The molecule has 192 valence electrons. The lowest BCUT2D eigenvalue weighted by atomic mass is 9.93. The van der Waals surface area contributed by atoms with Crippen LogP contribution in [0.3, 0.4) is 0 Å². The molecule has 1 aromatic carbocycles. The Morgan fingerprint density at radius 1 is 1.00 bits per heavy atom. The zero-order valence-electron chi connectivity index (χ0n) is 20.7. The molecule has 0 bridgehead atoms. The molecule has 2 saturated heterocycles. The predicted molar refractivity (Wildman–Crippen MR) is 131 cm³/mol. The number of aliphatic hydroxyl groups excluding tert-OH is 1. The van der Waals surface area contributed by atoms with Crippen LogP contribution in [0.1, 0.15) is 64.4 Å². The zero-order chi connectivity index (χ0) is 25.4. The third kappa shape index (κ3) is 6.60. The number of hydrogen-bond donors (Lipinski definition) is 4. The molecule has 0 saturated carbocycles. The standard InChI is InChI=1S/C26H38N4O5/c1-3-26(2)25(35)28-20(17-18-11-5-4-6-12-18)24(34)30-15-9-7-14-21(30)23(33)27-19(22(32)29-26)13-8-10-16-31/h4-6,11-12,19-21,31H,3,7-10,13-17H2,1-2H3,(H,27,33)(H,28,35)(H,29,32)/t19-,20-,21+,26-/m0/s1. The van der Waals surface area contributed by atoms with E-state index in [2.05, 4.69) is 16.0 Å². The van der Waals surface area contributed by atoms with E-state index in [0.717, 1.165) is 18.4 Å². The van der Waals surface area contributed by atoms with E-state index in [1.165, 1.54) is 0 Å². The number of carbonyl (C=O) groups is 4. The van der Waals surface area contributed by atoms with Gasteiger partial charge in [-0.2, -0.15) is 0 Å². The second-order valence-electron chi connectivity index (χ2n) is 9.71. The van der Waals surface area contributed by atoms with E-state index in [4.69, 9.17) is 5.11 Å². The number of piperidine rings is 1. The molecule has 2 heterocycles. The van der Waals surface area contributed by atoms with Crippen molar-refractivity contribution in [2.75, 3.05) is 13.2 Å². The molecule has 0 aliphatic carbocycles. The van der Waals surface area contributed by atoms with Crippen molar-refractivity contribution in [3.63, 3.8) is 0 Å². The summed E-state index contributed by atoms with van der Waals surface area (Å²) in [5.74, 6) is -1.52. The predicted octanol–water partition coefficient (Wildman–Crippen LogP) is 1.04. The second kappa shape index (κ2) is 12.2. The van der Waals surface area contributed by atoms with Crippen LogP contribution in [-0.2, 0) is 25.6 Å². The molecule has 4 N–H and O–H groups in total. The molecule has 3 rings (SSSR count). The summed E-state index contributed by atoms with van der Waals surface area (Å²) >= 11 is 0. The molecule has 9 heteroatoms. The molecular formula is C26H38N4O5. The fourth-order valence-corrected chi connectivity index (χ4v) is 4.70. The number of carbonyl (C=O) groups excluding carboxylic acids is 4. The van der Waals surface area contributed by atoms with E-state index in [-0.39, 0.29) is 24.8 Å². The van der Waals surface area contributed by atoms with E-state index in [1.54, 1.807) is 18.7 Å². The molecule has 4 amide bonds. The molecule has 2 aliphatic rings. The van der Waals surface area contributed by atoms with Gasteiger partial charge >= 0.3 is 0 Å². The Bertz CT molecular complexity index is 908. The molecule has 0 aromatic heterocycles. The van der Waals surface area contributed by atoms with Gasteiger partial charge in [0.15, 0.2) is 0 Å². The molecule has 0 radical (unpaired) electrons. The minimum Gasteiger partial charge on any atom is -0.396 e. The van der Waals surface area contributed by atoms with Crippen LogP contribution in [-0.4, -0.2) is 70.5 Å². The minimum absolute atomic E-state index is 0.00886. The Balaban J connectivity index is 1.97. The van der Waals surface area contributed by atoms with Crippen molar-refractivity contribution >= 4 is 23.6 Å². The van der Waals surface area contributed by atoms with Gasteiger partial charge in [-0.05, 0) is 57.4 Å². The summed E-state index contributed by atoms with van der Waals surface area (Å²) < 4.78 is 0. The summed E-state index contributed by atoms with van der Waals surface area (Å²) in [5, 5.41) is 17.7. The average Bonchev–Trinajstić information content (AvgIpc) is 2.87. The van der Waals surface area contributed by atoms with Crippen LogP contribution < -0.4 is 16.0 Å². The molecule has 0 spiro atoms. The monoisotopic (exact) mass is 486 g/mol. The fourth-order valence-electron chi connectivity index (χ4n) is 4.70. The number of benzene rings is 1. The minimum atomic E-state index is -1.26. The van der Waals surface area contributed by atoms with Crippen LogP contribution in [0.4, 0.5) is 0 Å². The summed E-state index contributed by atoms with van der Waals surface area (Å²) in [6.07, 6.45) is 4.03. The normalized spacial score (nSPS) is 28.2. The molecule has 9 nitrogen and oxygen atoms in total.